The highest BCUT2D eigenvalue weighted by molar-refractivity contribution is 5.87. The number of rotatable bonds is 5. The summed E-state index contributed by atoms with van der Waals surface area (Å²) in [6.45, 7) is 2.69. The molecule has 0 aliphatic carbocycles. The molecule has 26 heavy (non-hydrogen) atoms. The molecule has 0 bridgehead atoms. The Morgan fingerprint density at radius 1 is 1.15 bits per heavy atom. The van der Waals surface area contributed by atoms with Crippen molar-refractivity contribution >= 4 is 10.9 Å². The van der Waals surface area contributed by atoms with Crippen molar-refractivity contribution in [2.24, 2.45) is 7.05 Å². The molecule has 0 radical (unpaired) electrons. The minimum absolute atomic E-state index is 0.0608. The zero-order valence-corrected chi connectivity index (χ0v) is 14.8. The molecule has 0 amide bonds. The van der Waals surface area contributed by atoms with E-state index < -0.39 is 0 Å². The van der Waals surface area contributed by atoms with Crippen LogP contribution in [0.15, 0.2) is 53.6 Å². The highest BCUT2D eigenvalue weighted by Crippen LogP contribution is 2.21. The molecule has 0 atom stereocenters. The zero-order valence-electron chi connectivity index (χ0n) is 14.8. The molecule has 3 heterocycles. The van der Waals surface area contributed by atoms with Crippen LogP contribution in [0.5, 0.6) is 0 Å². The Balaban J connectivity index is 1.73. The van der Waals surface area contributed by atoms with Gasteiger partial charge in [0.05, 0.1) is 11.2 Å². The number of aromatic nitrogens is 6. The van der Waals surface area contributed by atoms with Crippen LogP contribution in [0.1, 0.15) is 18.1 Å². The molecule has 0 aliphatic rings. The molecule has 132 valence electrons. The molecule has 7 nitrogen and oxygen atoms in total. The summed E-state index contributed by atoms with van der Waals surface area (Å²) in [6, 6.07) is 11.4. The molecule has 0 unspecified atom stereocenters. The molecule has 0 N–H and O–H groups in total. The van der Waals surface area contributed by atoms with E-state index in [9.17, 15) is 4.79 Å². The molecule has 4 aromatic rings. The Bertz CT molecular complexity index is 1110. The molecule has 0 fully saturated rings. The average molecular weight is 348 g/mol. The van der Waals surface area contributed by atoms with Crippen molar-refractivity contribution in [3.05, 3.63) is 70.8 Å². The molecule has 0 aliphatic heterocycles. The number of para-hydroxylation sites is 1. The fraction of sp³-hybridized carbons (Fsp3) is 0.263. The SMILES string of the molecule is Cc1nc(CCCn2cccn2)n(-c2cc(=O)n(C)c3ccccc23)n1. The lowest BCUT2D eigenvalue weighted by Crippen LogP contribution is -2.18. The monoisotopic (exact) mass is 348 g/mol. The van der Waals surface area contributed by atoms with Gasteiger partial charge in [-0.15, -0.1) is 0 Å². The Labute approximate surface area is 150 Å². The van der Waals surface area contributed by atoms with E-state index >= 15 is 0 Å². The van der Waals surface area contributed by atoms with Crippen LogP contribution in [0.3, 0.4) is 0 Å². The largest absolute Gasteiger partial charge is 0.311 e. The first kappa shape index (κ1) is 16.3. The molecule has 4 rings (SSSR count). The Kier molecular flexibility index (Phi) is 4.12. The number of benzene rings is 1. The van der Waals surface area contributed by atoms with Crippen molar-refractivity contribution < 1.29 is 0 Å². The third-order valence-corrected chi connectivity index (χ3v) is 4.49. The fourth-order valence-corrected chi connectivity index (χ4v) is 3.21. The highest BCUT2D eigenvalue weighted by atomic mass is 16.1. The molecular weight excluding hydrogens is 328 g/mol. The molecule has 0 spiro atoms. The van der Waals surface area contributed by atoms with E-state index in [2.05, 4.69) is 15.2 Å². The van der Waals surface area contributed by atoms with Crippen LogP contribution >= 0.6 is 0 Å². The van der Waals surface area contributed by atoms with Crippen LogP contribution in [-0.4, -0.2) is 29.1 Å². The van der Waals surface area contributed by atoms with Crippen LogP contribution in [0.2, 0.25) is 0 Å². The van der Waals surface area contributed by atoms with Crippen molar-refractivity contribution in [3.8, 4) is 5.69 Å². The van der Waals surface area contributed by atoms with Crippen molar-refractivity contribution in [2.45, 2.75) is 26.3 Å². The number of aryl methyl sites for hydroxylation is 4. The van der Waals surface area contributed by atoms with Gasteiger partial charge in [-0.05, 0) is 25.5 Å². The lowest BCUT2D eigenvalue weighted by molar-refractivity contribution is 0.566. The first-order valence-electron chi connectivity index (χ1n) is 8.62. The van der Waals surface area contributed by atoms with E-state index in [1.807, 2.05) is 52.8 Å². The zero-order chi connectivity index (χ0) is 18.1. The smallest absolute Gasteiger partial charge is 0.252 e. The van der Waals surface area contributed by atoms with Gasteiger partial charge in [0.25, 0.3) is 5.56 Å². The predicted octanol–water partition coefficient (Wildman–Crippen LogP) is 2.26. The van der Waals surface area contributed by atoms with Crippen molar-refractivity contribution in [1.82, 2.24) is 29.1 Å². The van der Waals surface area contributed by atoms with Crippen molar-refractivity contribution in [1.29, 1.82) is 0 Å². The second-order valence-electron chi connectivity index (χ2n) is 6.30. The summed E-state index contributed by atoms with van der Waals surface area (Å²) < 4.78 is 5.36. The lowest BCUT2D eigenvalue weighted by atomic mass is 10.1. The quantitative estimate of drug-likeness (QED) is 0.555. The van der Waals surface area contributed by atoms with Gasteiger partial charge in [-0.2, -0.15) is 10.2 Å². The minimum Gasteiger partial charge on any atom is -0.311 e. The molecule has 0 saturated carbocycles. The maximum atomic E-state index is 12.4. The Morgan fingerprint density at radius 2 is 2.00 bits per heavy atom. The summed E-state index contributed by atoms with van der Waals surface area (Å²) in [7, 11) is 1.78. The fourth-order valence-electron chi connectivity index (χ4n) is 3.21. The molecule has 0 saturated heterocycles. The summed E-state index contributed by atoms with van der Waals surface area (Å²) in [4.78, 5) is 17.0. The van der Waals surface area contributed by atoms with Crippen molar-refractivity contribution in [2.75, 3.05) is 0 Å². The molecular formula is C19H20N6O. The van der Waals surface area contributed by atoms with Crippen LogP contribution in [0.25, 0.3) is 16.6 Å². The van der Waals surface area contributed by atoms with Gasteiger partial charge in [-0.1, -0.05) is 18.2 Å². The van der Waals surface area contributed by atoms with Crippen molar-refractivity contribution in [3.63, 3.8) is 0 Å². The number of hydrogen-bond acceptors (Lipinski definition) is 4. The number of hydrogen-bond donors (Lipinski definition) is 0. The van der Waals surface area contributed by atoms with Crippen LogP contribution in [0, 0.1) is 6.92 Å². The van der Waals surface area contributed by atoms with Gasteiger partial charge in [0.2, 0.25) is 0 Å². The number of fused-ring (bicyclic) bond motifs is 1. The summed E-state index contributed by atoms with van der Waals surface area (Å²) >= 11 is 0. The van der Waals surface area contributed by atoms with E-state index in [0.717, 1.165) is 41.8 Å². The van der Waals surface area contributed by atoms with Crippen LogP contribution in [-0.2, 0) is 20.0 Å². The summed E-state index contributed by atoms with van der Waals surface area (Å²) in [5.74, 6) is 1.55. The van der Waals surface area contributed by atoms with Crippen LogP contribution in [0.4, 0.5) is 0 Å². The van der Waals surface area contributed by atoms with E-state index in [0.29, 0.717) is 5.82 Å². The molecule has 3 aromatic heterocycles. The van der Waals surface area contributed by atoms with E-state index in [4.69, 9.17) is 0 Å². The topological polar surface area (TPSA) is 70.5 Å². The molecule has 7 heteroatoms. The number of pyridine rings is 1. The summed E-state index contributed by atoms with van der Waals surface area (Å²) in [5.41, 5.74) is 1.60. The minimum atomic E-state index is -0.0608. The Morgan fingerprint density at radius 3 is 2.81 bits per heavy atom. The van der Waals surface area contributed by atoms with Gasteiger partial charge < -0.3 is 4.57 Å². The Hall–Kier alpha value is -3.22. The maximum Gasteiger partial charge on any atom is 0.252 e. The van der Waals surface area contributed by atoms with Gasteiger partial charge in [0.15, 0.2) is 0 Å². The van der Waals surface area contributed by atoms with Gasteiger partial charge in [0, 0.05) is 43.9 Å². The standard InChI is InChI=1S/C19H20N6O/c1-14-21-18(9-5-11-24-12-6-10-20-24)25(22-14)17-13-19(26)23(2)16-8-4-3-7-15(16)17/h3-4,6-8,10,12-13H,5,9,11H2,1-2H3. The maximum absolute atomic E-state index is 12.4. The third kappa shape index (κ3) is 2.92. The molecule has 1 aromatic carbocycles. The summed E-state index contributed by atoms with van der Waals surface area (Å²) in [6.07, 6.45) is 5.37. The first-order valence-corrected chi connectivity index (χ1v) is 8.62. The van der Waals surface area contributed by atoms with Crippen LogP contribution < -0.4 is 5.56 Å². The first-order chi connectivity index (χ1) is 12.6. The van der Waals surface area contributed by atoms with Gasteiger partial charge >= 0.3 is 0 Å². The lowest BCUT2D eigenvalue weighted by Gasteiger charge is -2.12. The van der Waals surface area contributed by atoms with E-state index in [1.54, 1.807) is 23.9 Å². The normalized spacial score (nSPS) is 11.3. The van der Waals surface area contributed by atoms with Gasteiger partial charge in [-0.25, -0.2) is 9.67 Å². The summed E-state index contributed by atoms with van der Waals surface area (Å²) in [5, 5.41) is 9.76. The second kappa shape index (κ2) is 6.59. The highest BCUT2D eigenvalue weighted by Gasteiger charge is 2.14. The second-order valence-corrected chi connectivity index (χ2v) is 6.30. The predicted molar refractivity (Wildman–Crippen MR) is 99.4 cm³/mol. The number of nitrogens with zero attached hydrogens (tertiary/aromatic N) is 6. The van der Waals surface area contributed by atoms with E-state index in [1.165, 1.54) is 0 Å². The van der Waals surface area contributed by atoms with Gasteiger partial charge in [0.1, 0.15) is 11.6 Å². The van der Waals surface area contributed by atoms with Gasteiger partial charge in [-0.3, -0.25) is 9.48 Å². The van der Waals surface area contributed by atoms with E-state index in [-0.39, 0.29) is 5.56 Å². The third-order valence-electron chi connectivity index (χ3n) is 4.49. The average Bonchev–Trinajstić information content (AvgIpc) is 3.28.